The Morgan fingerprint density at radius 3 is 2.17 bits per heavy atom. The number of hydrogen-bond donors (Lipinski definition) is 4. The monoisotopic (exact) mass is 597 g/mol. The lowest BCUT2D eigenvalue weighted by atomic mass is 9.77. The van der Waals surface area contributed by atoms with Crippen molar-refractivity contribution in [2.45, 2.75) is 18.4 Å². The number of fused-ring (bicyclic) bond motifs is 6. The molecule has 0 saturated heterocycles. The fourth-order valence-corrected chi connectivity index (χ4v) is 6.73. The second-order valence-electron chi connectivity index (χ2n) is 10.8. The molecule has 3 aromatic carbocycles. The summed E-state index contributed by atoms with van der Waals surface area (Å²) in [6.07, 6.45) is 0.959. The van der Waals surface area contributed by atoms with Crippen LogP contribution in [0, 0.1) is 0 Å². The number of esters is 1. The first kappa shape index (κ1) is 29.3. The molecule has 42 heavy (non-hydrogen) atoms. The zero-order chi connectivity index (χ0) is 30.3. The van der Waals surface area contributed by atoms with Crippen molar-refractivity contribution in [1.82, 2.24) is 5.32 Å². The van der Waals surface area contributed by atoms with E-state index < -0.39 is 33.5 Å². The van der Waals surface area contributed by atoms with Gasteiger partial charge in [-0.2, -0.15) is 0 Å². The molecule has 5 N–H and O–H groups in total. The Bertz CT molecular complexity index is 1620. The highest BCUT2D eigenvalue weighted by Gasteiger charge is 2.53. The molecule has 0 bridgehead atoms. The molecule has 1 amide bonds. The van der Waals surface area contributed by atoms with Crippen LogP contribution in [0.15, 0.2) is 54.6 Å². The van der Waals surface area contributed by atoms with Crippen LogP contribution in [0.4, 0.5) is 0 Å². The van der Waals surface area contributed by atoms with Crippen LogP contribution in [0.2, 0.25) is 0 Å². The summed E-state index contributed by atoms with van der Waals surface area (Å²) in [4.78, 5) is 26.3. The standard InChI is InChI=1S/C29H31N3O9S/c1-32(12-2-10-30,17-42(37,38)39)13-3-11-31-27(35)18-4-7-22-21(14-18)28(36)41-29(22)23-8-5-19(33)15-25(23)40-26-16-20(34)6-9-24(26)29/h4-9,14-16H,2-3,10-13,17,30H2,1H3,(H3-,31,33,34,35,37,38,39). The number of phenols is 2. The lowest BCUT2D eigenvalue weighted by molar-refractivity contribution is -0.898. The number of aromatic hydroxyl groups is 2. The zero-order valence-corrected chi connectivity index (χ0v) is 23.6. The van der Waals surface area contributed by atoms with Gasteiger partial charge in [-0.1, -0.05) is 6.07 Å². The third-order valence-corrected chi connectivity index (χ3v) is 8.51. The molecule has 2 aliphatic heterocycles. The zero-order valence-electron chi connectivity index (χ0n) is 22.8. The first-order valence-electron chi connectivity index (χ1n) is 13.3. The van der Waals surface area contributed by atoms with Gasteiger partial charge in [0.1, 0.15) is 33.1 Å². The molecule has 1 spiro atoms. The first-order valence-corrected chi connectivity index (χ1v) is 14.9. The maximum absolute atomic E-state index is 13.3. The van der Waals surface area contributed by atoms with Crippen LogP contribution in [-0.4, -0.2) is 78.6 Å². The van der Waals surface area contributed by atoms with E-state index in [4.69, 9.17) is 15.2 Å². The predicted octanol–water partition coefficient (Wildman–Crippen LogP) is 2.08. The van der Waals surface area contributed by atoms with Crippen LogP contribution < -0.4 is 15.8 Å². The Balaban J connectivity index is 1.38. The summed E-state index contributed by atoms with van der Waals surface area (Å²) in [5.74, 6) is -1.29. The molecule has 222 valence electrons. The van der Waals surface area contributed by atoms with Gasteiger partial charge >= 0.3 is 5.97 Å². The molecule has 0 fully saturated rings. The molecule has 0 aromatic heterocycles. The van der Waals surface area contributed by atoms with E-state index in [9.17, 15) is 32.8 Å². The number of benzene rings is 3. The van der Waals surface area contributed by atoms with Gasteiger partial charge in [-0.15, -0.1) is 0 Å². The number of quaternary nitrogens is 1. The second-order valence-corrected chi connectivity index (χ2v) is 12.2. The van der Waals surface area contributed by atoms with Gasteiger partial charge in [-0.3, -0.25) is 4.79 Å². The molecule has 0 aliphatic carbocycles. The van der Waals surface area contributed by atoms with E-state index in [1.807, 2.05) is 0 Å². The lowest BCUT2D eigenvalue weighted by Gasteiger charge is -2.36. The molecular formula is C29H31N3O9S. The van der Waals surface area contributed by atoms with Gasteiger partial charge < -0.3 is 39.8 Å². The van der Waals surface area contributed by atoms with Gasteiger partial charge in [0, 0.05) is 53.8 Å². The van der Waals surface area contributed by atoms with Gasteiger partial charge in [0.2, 0.25) is 0 Å². The quantitative estimate of drug-likeness (QED) is 0.117. The Morgan fingerprint density at radius 1 is 0.976 bits per heavy atom. The van der Waals surface area contributed by atoms with Crippen LogP contribution in [0.3, 0.4) is 0 Å². The van der Waals surface area contributed by atoms with Crippen LogP contribution in [0.25, 0.3) is 0 Å². The minimum atomic E-state index is -4.46. The summed E-state index contributed by atoms with van der Waals surface area (Å²) in [5.41, 5.74) is 5.93. The summed E-state index contributed by atoms with van der Waals surface area (Å²) in [5, 5.41) is 22.9. The van der Waals surface area contributed by atoms with E-state index in [1.54, 1.807) is 31.3 Å². The van der Waals surface area contributed by atoms with Crippen LogP contribution in [0.1, 0.15) is 50.2 Å². The molecule has 0 saturated carbocycles. The molecule has 12 nitrogen and oxygen atoms in total. The van der Waals surface area contributed by atoms with E-state index in [2.05, 4.69) is 5.32 Å². The maximum atomic E-state index is 13.3. The van der Waals surface area contributed by atoms with E-state index in [1.165, 1.54) is 30.3 Å². The Morgan fingerprint density at radius 2 is 1.57 bits per heavy atom. The number of phenolic OH excluding ortho intramolecular Hbond substituents is 2. The predicted molar refractivity (Wildman–Crippen MR) is 149 cm³/mol. The van der Waals surface area contributed by atoms with Crippen molar-refractivity contribution in [3.63, 3.8) is 0 Å². The van der Waals surface area contributed by atoms with E-state index in [0.29, 0.717) is 49.2 Å². The Kier molecular flexibility index (Phi) is 7.62. The lowest BCUT2D eigenvalue weighted by Crippen LogP contribution is -2.50. The number of ether oxygens (including phenoxy) is 2. The Hall–Kier alpha value is -4.17. The fourth-order valence-electron chi connectivity index (χ4n) is 5.71. The number of rotatable bonds is 10. The number of carbonyl (C=O) groups excluding carboxylic acids is 2. The molecule has 1 atom stereocenters. The molecular weight excluding hydrogens is 566 g/mol. The number of nitrogens with two attached hydrogens (primary N) is 1. The SMILES string of the molecule is C[N+](CCCN)(CCCNC(=O)c1ccc2c(c1)C(=O)OC21c2ccc(O)cc2Oc2cc(O)ccc21)CS(=O)(=O)[O-]. The summed E-state index contributed by atoms with van der Waals surface area (Å²) in [6, 6.07) is 13.5. The average Bonchev–Trinajstić information content (AvgIpc) is 3.20. The largest absolute Gasteiger partial charge is 0.744 e. The van der Waals surface area contributed by atoms with Crippen molar-refractivity contribution < 1.29 is 46.7 Å². The number of nitrogens with zero attached hydrogens (tertiary/aromatic N) is 1. The molecule has 3 aromatic rings. The summed E-state index contributed by atoms with van der Waals surface area (Å²) >= 11 is 0. The second kappa shape index (κ2) is 10.9. The number of hydrogen-bond acceptors (Lipinski definition) is 10. The minimum Gasteiger partial charge on any atom is -0.744 e. The summed E-state index contributed by atoms with van der Waals surface area (Å²) < 4.78 is 46.1. The van der Waals surface area contributed by atoms with Crippen LogP contribution in [-0.2, 0) is 20.5 Å². The van der Waals surface area contributed by atoms with Crippen molar-refractivity contribution in [3.05, 3.63) is 82.4 Å². The van der Waals surface area contributed by atoms with Crippen molar-refractivity contribution in [2.75, 3.05) is 39.1 Å². The van der Waals surface area contributed by atoms with E-state index >= 15 is 0 Å². The maximum Gasteiger partial charge on any atom is 0.340 e. The molecule has 2 heterocycles. The highest BCUT2D eigenvalue weighted by atomic mass is 32.2. The third kappa shape index (κ3) is 5.51. The number of amides is 1. The molecule has 0 radical (unpaired) electrons. The molecule has 5 rings (SSSR count). The highest BCUT2D eigenvalue weighted by molar-refractivity contribution is 7.85. The molecule has 2 aliphatic rings. The smallest absolute Gasteiger partial charge is 0.340 e. The fraction of sp³-hybridized carbons (Fsp3) is 0.310. The Labute approximate surface area is 242 Å². The van der Waals surface area contributed by atoms with Gasteiger partial charge in [0.15, 0.2) is 11.5 Å². The topological polar surface area (TPSA) is 188 Å². The molecule has 13 heteroatoms. The summed E-state index contributed by atoms with van der Waals surface area (Å²) in [6.45, 7) is 1.33. The van der Waals surface area contributed by atoms with Gasteiger partial charge in [0.25, 0.3) is 5.91 Å². The number of nitrogens with one attached hydrogen (secondary N) is 1. The van der Waals surface area contributed by atoms with Gasteiger partial charge in [0.05, 0.1) is 25.7 Å². The van der Waals surface area contributed by atoms with Gasteiger partial charge in [-0.25, -0.2) is 13.2 Å². The van der Waals surface area contributed by atoms with Crippen molar-refractivity contribution in [1.29, 1.82) is 0 Å². The highest BCUT2D eigenvalue weighted by Crippen LogP contribution is 2.57. The van der Waals surface area contributed by atoms with Crippen molar-refractivity contribution in [2.24, 2.45) is 5.73 Å². The molecule has 1 unspecified atom stereocenters. The minimum absolute atomic E-state index is 0.00607. The van der Waals surface area contributed by atoms with E-state index in [-0.39, 0.29) is 45.2 Å². The normalized spacial score (nSPS) is 16.0. The number of carbonyl (C=O) groups is 2. The summed E-state index contributed by atoms with van der Waals surface area (Å²) in [7, 11) is -2.78. The van der Waals surface area contributed by atoms with Crippen LogP contribution in [0.5, 0.6) is 23.0 Å². The first-order chi connectivity index (χ1) is 19.8. The third-order valence-electron chi connectivity index (χ3n) is 7.57. The average molecular weight is 598 g/mol. The van der Waals surface area contributed by atoms with Crippen molar-refractivity contribution in [3.8, 4) is 23.0 Å². The van der Waals surface area contributed by atoms with Crippen LogP contribution >= 0.6 is 0 Å². The van der Waals surface area contributed by atoms with E-state index in [0.717, 1.165) is 0 Å². The van der Waals surface area contributed by atoms with Crippen molar-refractivity contribution >= 4 is 22.0 Å². The van der Waals surface area contributed by atoms with Gasteiger partial charge in [-0.05, 0) is 42.9 Å².